The molecule has 3 rings (SSSR count). The zero-order valence-corrected chi connectivity index (χ0v) is 13.6. The van der Waals surface area contributed by atoms with E-state index >= 15 is 0 Å². The molecule has 1 aromatic heterocycles. The van der Waals surface area contributed by atoms with Gasteiger partial charge in [-0.1, -0.05) is 24.3 Å². The summed E-state index contributed by atoms with van der Waals surface area (Å²) in [5.74, 6) is 0.460. The van der Waals surface area contributed by atoms with Gasteiger partial charge in [-0.05, 0) is 43.2 Å². The van der Waals surface area contributed by atoms with E-state index in [1.165, 1.54) is 6.07 Å². The molecular formula is C19H20FN3O. The molecule has 0 aliphatic rings. The molecule has 24 heavy (non-hydrogen) atoms. The summed E-state index contributed by atoms with van der Waals surface area (Å²) in [4.78, 5) is 19.3. The number of aromatic amines is 1. The molecule has 0 aliphatic heterocycles. The van der Waals surface area contributed by atoms with Crippen LogP contribution in [-0.2, 0) is 12.8 Å². The van der Waals surface area contributed by atoms with Gasteiger partial charge in [-0.2, -0.15) is 0 Å². The largest absolute Gasteiger partial charge is 0.313 e. The lowest BCUT2D eigenvalue weighted by molar-refractivity contribution is 0.541. The second kappa shape index (κ2) is 7.36. The van der Waals surface area contributed by atoms with Crippen LogP contribution in [0.15, 0.2) is 53.3 Å². The first-order chi connectivity index (χ1) is 11.6. The fourth-order valence-electron chi connectivity index (χ4n) is 2.78. The summed E-state index contributed by atoms with van der Waals surface area (Å²) in [7, 11) is 0. The number of halogens is 1. The van der Waals surface area contributed by atoms with Crippen LogP contribution < -0.4 is 10.9 Å². The summed E-state index contributed by atoms with van der Waals surface area (Å²) in [6.07, 6.45) is 1.38. The van der Waals surface area contributed by atoms with Gasteiger partial charge in [-0.25, -0.2) is 9.37 Å². The highest BCUT2D eigenvalue weighted by Crippen LogP contribution is 2.07. The van der Waals surface area contributed by atoms with Crippen molar-refractivity contribution in [2.45, 2.75) is 25.8 Å². The molecule has 0 saturated carbocycles. The Morgan fingerprint density at radius 2 is 2.04 bits per heavy atom. The molecule has 0 radical (unpaired) electrons. The highest BCUT2D eigenvalue weighted by atomic mass is 19.1. The van der Waals surface area contributed by atoms with Crippen molar-refractivity contribution in [1.82, 2.24) is 15.3 Å². The smallest absolute Gasteiger partial charge is 0.258 e. The number of para-hydroxylation sites is 1. The number of fused-ring (bicyclic) bond motifs is 1. The molecular weight excluding hydrogens is 305 g/mol. The second-order valence-corrected chi connectivity index (χ2v) is 5.97. The molecule has 0 amide bonds. The first kappa shape index (κ1) is 16.3. The van der Waals surface area contributed by atoms with Gasteiger partial charge in [0.2, 0.25) is 0 Å². The minimum Gasteiger partial charge on any atom is -0.313 e. The molecule has 0 fully saturated rings. The van der Waals surface area contributed by atoms with Crippen molar-refractivity contribution >= 4 is 10.9 Å². The maximum absolute atomic E-state index is 13.2. The lowest BCUT2D eigenvalue weighted by atomic mass is 10.1. The third-order valence-corrected chi connectivity index (χ3v) is 3.95. The van der Waals surface area contributed by atoms with Crippen LogP contribution in [0.1, 0.15) is 18.3 Å². The Morgan fingerprint density at radius 3 is 2.88 bits per heavy atom. The number of benzene rings is 2. The molecule has 1 heterocycles. The lowest BCUT2D eigenvalue weighted by Crippen LogP contribution is -2.30. The van der Waals surface area contributed by atoms with Crippen LogP contribution >= 0.6 is 0 Å². The van der Waals surface area contributed by atoms with Gasteiger partial charge in [0.1, 0.15) is 11.6 Å². The predicted octanol–water partition coefficient (Wildman–Crippen LogP) is 2.83. The Kier molecular flexibility index (Phi) is 5.01. The van der Waals surface area contributed by atoms with Gasteiger partial charge in [0.15, 0.2) is 0 Å². The fraction of sp³-hybridized carbons (Fsp3) is 0.263. The Hall–Kier alpha value is -2.53. The fourth-order valence-corrected chi connectivity index (χ4v) is 2.78. The number of hydrogen-bond acceptors (Lipinski definition) is 3. The maximum Gasteiger partial charge on any atom is 0.258 e. The van der Waals surface area contributed by atoms with Crippen molar-refractivity contribution in [1.29, 1.82) is 0 Å². The van der Waals surface area contributed by atoms with Crippen LogP contribution in [0.25, 0.3) is 10.9 Å². The third-order valence-electron chi connectivity index (χ3n) is 3.95. The van der Waals surface area contributed by atoms with E-state index in [9.17, 15) is 9.18 Å². The van der Waals surface area contributed by atoms with Gasteiger partial charge in [-0.3, -0.25) is 4.79 Å². The van der Waals surface area contributed by atoms with E-state index in [2.05, 4.69) is 22.2 Å². The summed E-state index contributed by atoms with van der Waals surface area (Å²) in [5, 5.41) is 3.99. The van der Waals surface area contributed by atoms with E-state index in [0.29, 0.717) is 29.7 Å². The zero-order valence-electron chi connectivity index (χ0n) is 13.6. The Balaban J connectivity index is 1.57. The molecule has 4 nitrogen and oxygen atoms in total. The van der Waals surface area contributed by atoms with Crippen molar-refractivity contribution < 1.29 is 4.39 Å². The summed E-state index contributed by atoms with van der Waals surface area (Å²) in [6.45, 7) is 2.75. The summed E-state index contributed by atoms with van der Waals surface area (Å²) in [5.41, 5.74) is 1.57. The molecule has 3 aromatic rings. The summed E-state index contributed by atoms with van der Waals surface area (Å²) in [6, 6.07) is 14.2. The van der Waals surface area contributed by atoms with Crippen LogP contribution in [0, 0.1) is 5.82 Å². The number of hydrogen-bond donors (Lipinski definition) is 2. The molecule has 2 N–H and O–H groups in total. The minimum atomic E-state index is -0.211. The van der Waals surface area contributed by atoms with Crippen molar-refractivity contribution in [3.63, 3.8) is 0 Å². The van der Waals surface area contributed by atoms with Crippen molar-refractivity contribution in [2.75, 3.05) is 6.54 Å². The number of H-pyrrole nitrogens is 1. The number of nitrogens with one attached hydrogen (secondary N) is 2. The zero-order chi connectivity index (χ0) is 16.9. The van der Waals surface area contributed by atoms with Crippen LogP contribution in [0.3, 0.4) is 0 Å². The van der Waals surface area contributed by atoms with Gasteiger partial charge in [-0.15, -0.1) is 0 Å². The summed E-state index contributed by atoms with van der Waals surface area (Å²) < 4.78 is 13.2. The highest BCUT2D eigenvalue weighted by molar-refractivity contribution is 5.77. The van der Waals surface area contributed by atoms with E-state index in [1.54, 1.807) is 18.2 Å². The van der Waals surface area contributed by atoms with Gasteiger partial charge in [0, 0.05) is 19.0 Å². The SMILES string of the molecule is C[C@@H](Cc1cccc(F)c1)NCCc1nc2ccccc2c(=O)[nH]1. The van der Waals surface area contributed by atoms with E-state index in [0.717, 1.165) is 12.0 Å². The van der Waals surface area contributed by atoms with Crippen molar-refractivity contribution in [2.24, 2.45) is 0 Å². The second-order valence-electron chi connectivity index (χ2n) is 5.97. The summed E-state index contributed by atoms with van der Waals surface area (Å²) >= 11 is 0. The molecule has 2 aromatic carbocycles. The standard InChI is InChI=1S/C19H20FN3O/c1-13(11-14-5-4-6-15(20)12-14)21-10-9-18-22-17-8-3-2-7-16(17)19(24)23-18/h2-8,12-13,21H,9-11H2,1H3,(H,22,23,24)/t13-/m0/s1. The average Bonchev–Trinajstić information content (AvgIpc) is 2.55. The van der Waals surface area contributed by atoms with Crippen LogP contribution in [0.5, 0.6) is 0 Å². The number of aromatic nitrogens is 2. The molecule has 5 heteroatoms. The Labute approximate surface area is 139 Å². The van der Waals surface area contributed by atoms with Gasteiger partial charge in [0.25, 0.3) is 5.56 Å². The predicted molar refractivity (Wildman–Crippen MR) is 93.6 cm³/mol. The Bertz CT molecular complexity index is 891. The van der Waals surface area contributed by atoms with Crippen LogP contribution in [0.4, 0.5) is 4.39 Å². The van der Waals surface area contributed by atoms with Gasteiger partial charge >= 0.3 is 0 Å². The lowest BCUT2D eigenvalue weighted by Gasteiger charge is -2.13. The van der Waals surface area contributed by atoms with Crippen LogP contribution in [0.2, 0.25) is 0 Å². The third kappa shape index (κ3) is 4.06. The molecule has 0 unspecified atom stereocenters. The monoisotopic (exact) mass is 325 g/mol. The molecule has 1 atom stereocenters. The van der Waals surface area contributed by atoms with E-state index in [4.69, 9.17) is 0 Å². The van der Waals surface area contributed by atoms with Crippen LogP contribution in [-0.4, -0.2) is 22.6 Å². The molecule has 124 valence electrons. The molecule has 0 bridgehead atoms. The minimum absolute atomic E-state index is 0.108. The van der Waals surface area contributed by atoms with Gasteiger partial charge in [0.05, 0.1) is 10.9 Å². The highest BCUT2D eigenvalue weighted by Gasteiger charge is 2.06. The van der Waals surface area contributed by atoms with Gasteiger partial charge < -0.3 is 10.3 Å². The van der Waals surface area contributed by atoms with E-state index in [1.807, 2.05) is 24.3 Å². The molecule has 0 aliphatic carbocycles. The number of nitrogens with zero attached hydrogens (tertiary/aromatic N) is 1. The topological polar surface area (TPSA) is 57.8 Å². The quantitative estimate of drug-likeness (QED) is 0.733. The molecule has 0 saturated heterocycles. The first-order valence-corrected chi connectivity index (χ1v) is 8.07. The van der Waals surface area contributed by atoms with E-state index in [-0.39, 0.29) is 17.4 Å². The molecule has 0 spiro atoms. The average molecular weight is 325 g/mol. The number of rotatable bonds is 6. The first-order valence-electron chi connectivity index (χ1n) is 8.07. The Morgan fingerprint density at radius 1 is 1.21 bits per heavy atom. The van der Waals surface area contributed by atoms with Crippen molar-refractivity contribution in [3.8, 4) is 0 Å². The van der Waals surface area contributed by atoms with E-state index < -0.39 is 0 Å². The maximum atomic E-state index is 13.2. The van der Waals surface area contributed by atoms with Crippen molar-refractivity contribution in [3.05, 3.63) is 76.1 Å². The normalized spacial score (nSPS) is 12.4.